The summed E-state index contributed by atoms with van der Waals surface area (Å²) in [5.41, 5.74) is 0. The van der Waals surface area contributed by atoms with E-state index in [0.29, 0.717) is 0 Å². The van der Waals surface area contributed by atoms with Crippen LogP contribution in [0.5, 0.6) is 0 Å². The Bertz CT molecular complexity index is 141. The predicted molar refractivity (Wildman–Crippen MR) is 34.7 cm³/mol. The van der Waals surface area contributed by atoms with Crippen LogP contribution in [0.25, 0.3) is 0 Å². The van der Waals surface area contributed by atoms with Crippen molar-refractivity contribution in [3.05, 3.63) is 11.0 Å². The highest BCUT2D eigenvalue weighted by Gasteiger charge is 2.13. The Hall–Kier alpha value is -0.440. The fourth-order valence-electron chi connectivity index (χ4n) is 0.512. The Morgan fingerprint density at radius 2 is 2.62 bits per heavy atom. The fraction of sp³-hybridized carbons (Fsp3) is 0.400. The molecule has 0 atom stereocenters. The molecule has 1 N–H and O–H groups in total. The number of amides is 1. The average Bonchev–Trinajstić information content (AvgIpc) is 2.14. The number of nitrogens with one attached hydrogen (secondary N) is 1. The first-order valence-corrected chi connectivity index (χ1v) is 3.25. The number of allylic oxidation sites excluding steroid dienone is 1. The van der Waals surface area contributed by atoms with Gasteiger partial charge in [0, 0.05) is 11.4 Å². The van der Waals surface area contributed by atoms with E-state index in [0.717, 1.165) is 11.4 Å². The highest BCUT2D eigenvalue weighted by atomic mass is 32.2. The van der Waals surface area contributed by atoms with Crippen LogP contribution in [0.4, 0.5) is 4.79 Å². The summed E-state index contributed by atoms with van der Waals surface area (Å²) in [6.45, 7) is 2.66. The minimum absolute atomic E-state index is 0.0677. The largest absolute Gasteiger partial charge is 0.342 e. The third kappa shape index (κ3) is 1.04. The highest BCUT2D eigenvalue weighted by molar-refractivity contribution is 8.17. The summed E-state index contributed by atoms with van der Waals surface area (Å²) in [5, 5.41) is 2.74. The second-order valence-corrected chi connectivity index (χ2v) is 2.60. The van der Waals surface area contributed by atoms with Crippen molar-refractivity contribution in [2.45, 2.75) is 6.92 Å². The molecule has 3 heteroatoms. The maximum Gasteiger partial charge on any atom is 0.283 e. The number of carbonyl (C=O) groups is 1. The van der Waals surface area contributed by atoms with Crippen LogP contribution in [0.3, 0.4) is 0 Å². The first kappa shape index (κ1) is 5.69. The first-order valence-electron chi connectivity index (χ1n) is 2.44. The maximum absolute atomic E-state index is 10.4. The molecule has 0 radical (unpaired) electrons. The van der Waals surface area contributed by atoms with Crippen LogP contribution in [0, 0.1) is 0 Å². The van der Waals surface area contributed by atoms with Gasteiger partial charge in [0.05, 0.1) is 0 Å². The van der Waals surface area contributed by atoms with E-state index in [9.17, 15) is 4.79 Å². The number of carbonyl (C=O) groups excluding carboxylic acids is 1. The molecule has 0 aromatic heterocycles. The van der Waals surface area contributed by atoms with E-state index in [2.05, 4.69) is 5.32 Å². The zero-order valence-electron chi connectivity index (χ0n) is 4.60. The van der Waals surface area contributed by atoms with Gasteiger partial charge in [-0.25, -0.2) is 0 Å². The summed E-state index contributed by atoms with van der Waals surface area (Å²) < 4.78 is 0. The van der Waals surface area contributed by atoms with Gasteiger partial charge in [0.15, 0.2) is 0 Å². The molecule has 0 unspecified atom stereocenters. The summed E-state index contributed by atoms with van der Waals surface area (Å²) >= 11 is 1.28. The van der Waals surface area contributed by atoms with E-state index in [1.165, 1.54) is 11.8 Å². The lowest BCUT2D eigenvalue weighted by Crippen LogP contribution is -2.09. The van der Waals surface area contributed by atoms with E-state index >= 15 is 0 Å². The van der Waals surface area contributed by atoms with Crippen LogP contribution in [-0.4, -0.2) is 11.8 Å². The second kappa shape index (κ2) is 2.22. The minimum atomic E-state index is 0.0677. The van der Waals surface area contributed by atoms with Crippen molar-refractivity contribution in [3.8, 4) is 0 Å². The predicted octanol–water partition coefficient (Wildman–Crippen LogP) is 1.35. The molecule has 0 saturated carbocycles. The van der Waals surface area contributed by atoms with Crippen molar-refractivity contribution < 1.29 is 4.79 Å². The molecule has 1 fully saturated rings. The lowest BCUT2D eigenvalue weighted by Gasteiger charge is -1.82. The average molecular weight is 129 g/mol. The van der Waals surface area contributed by atoms with Crippen LogP contribution >= 0.6 is 11.8 Å². The quantitative estimate of drug-likeness (QED) is 0.535. The molecular weight excluding hydrogens is 122 g/mol. The van der Waals surface area contributed by atoms with E-state index in [1.54, 1.807) is 0 Å². The lowest BCUT2D eigenvalue weighted by atomic mass is 10.5. The molecule has 2 nitrogen and oxygen atoms in total. The molecule has 0 aromatic carbocycles. The maximum atomic E-state index is 10.4. The van der Waals surface area contributed by atoms with Crippen molar-refractivity contribution in [3.63, 3.8) is 0 Å². The van der Waals surface area contributed by atoms with Crippen LogP contribution < -0.4 is 5.32 Å². The number of thioether (sulfide) groups is 1. The Morgan fingerprint density at radius 1 is 1.88 bits per heavy atom. The standard InChI is InChI=1S/C5H7NOS/c1-2-4-3-6-5(7)8-4/h2H,3H2,1H3,(H,6,7)/b4-2-. The van der Waals surface area contributed by atoms with Crippen molar-refractivity contribution in [1.29, 1.82) is 0 Å². The third-order valence-corrected chi connectivity index (χ3v) is 1.92. The van der Waals surface area contributed by atoms with Gasteiger partial charge in [-0.2, -0.15) is 0 Å². The van der Waals surface area contributed by atoms with Gasteiger partial charge >= 0.3 is 0 Å². The summed E-state index contributed by atoms with van der Waals surface area (Å²) in [6, 6.07) is 0. The number of hydrogen-bond acceptors (Lipinski definition) is 2. The highest BCUT2D eigenvalue weighted by Crippen LogP contribution is 2.20. The number of rotatable bonds is 0. The van der Waals surface area contributed by atoms with E-state index in [-0.39, 0.29) is 5.24 Å². The summed E-state index contributed by atoms with van der Waals surface area (Å²) in [7, 11) is 0. The number of hydrogen-bond donors (Lipinski definition) is 1. The Balaban J connectivity index is 2.56. The van der Waals surface area contributed by atoms with E-state index in [1.807, 2.05) is 13.0 Å². The van der Waals surface area contributed by atoms with Crippen molar-refractivity contribution >= 4 is 17.0 Å². The summed E-state index contributed by atoms with van der Waals surface area (Å²) in [4.78, 5) is 11.5. The molecule has 0 aromatic rings. The van der Waals surface area contributed by atoms with Crippen LogP contribution in [-0.2, 0) is 0 Å². The molecular formula is C5H7NOS. The van der Waals surface area contributed by atoms with Gasteiger partial charge in [-0.15, -0.1) is 0 Å². The molecule has 0 bridgehead atoms. The summed E-state index contributed by atoms with van der Waals surface area (Å²) in [5.74, 6) is 0. The van der Waals surface area contributed by atoms with Crippen molar-refractivity contribution in [2.24, 2.45) is 0 Å². The van der Waals surface area contributed by atoms with Crippen molar-refractivity contribution in [2.75, 3.05) is 6.54 Å². The van der Waals surface area contributed by atoms with E-state index < -0.39 is 0 Å². The normalized spacial score (nSPS) is 24.1. The molecule has 1 saturated heterocycles. The van der Waals surface area contributed by atoms with Crippen LogP contribution in [0.1, 0.15) is 6.92 Å². The molecule has 0 spiro atoms. The first-order chi connectivity index (χ1) is 3.83. The molecule has 1 rings (SSSR count). The zero-order valence-corrected chi connectivity index (χ0v) is 5.42. The Labute approximate surface area is 52.3 Å². The van der Waals surface area contributed by atoms with Gasteiger partial charge in [0.2, 0.25) is 0 Å². The minimum Gasteiger partial charge on any atom is -0.342 e. The molecule has 44 valence electrons. The summed E-state index contributed by atoms with van der Waals surface area (Å²) in [6.07, 6.45) is 1.95. The van der Waals surface area contributed by atoms with Gasteiger partial charge in [-0.1, -0.05) is 6.08 Å². The van der Waals surface area contributed by atoms with Gasteiger partial charge in [0.25, 0.3) is 5.24 Å². The Morgan fingerprint density at radius 3 is 2.88 bits per heavy atom. The molecule has 1 heterocycles. The van der Waals surface area contributed by atoms with Gasteiger partial charge in [-0.05, 0) is 18.7 Å². The SMILES string of the molecule is C/C=C1/CNC(=O)S1. The molecule has 1 amide bonds. The zero-order chi connectivity index (χ0) is 5.98. The second-order valence-electron chi connectivity index (χ2n) is 1.50. The molecule has 8 heavy (non-hydrogen) atoms. The lowest BCUT2D eigenvalue weighted by molar-refractivity contribution is 0.262. The van der Waals surface area contributed by atoms with Gasteiger partial charge < -0.3 is 5.32 Å². The topological polar surface area (TPSA) is 29.1 Å². The monoisotopic (exact) mass is 129 g/mol. The fourth-order valence-corrected chi connectivity index (χ4v) is 1.16. The Kier molecular flexibility index (Phi) is 1.58. The van der Waals surface area contributed by atoms with Crippen molar-refractivity contribution in [1.82, 2.24) is 5.32 Å². The van der Waals surface area contributed by atoms with Crippen LogP contribution in [0.15, 0.2) is 11.0 Å². The van der Waals surface area contributed by atoms with Crippen LogP contribution in [0.2, 0.25) is 0 Å². The molecule has 1 aliphatic rings. The smallest absolute Gasteiger partial charge is 0.283 e. The molecule has 0 aliphatic carbocycles. The van der Waals surface area contributed by atoms with Gasteiger partial charge in [0.1, 0.15) is 0 Å². The van der Waals surface area contributed by atoms with E-state index in [4.69, 9.17) is 0 Å². The van der Waals surface area contributed by atoms with Gasteiger partial charge in [-0.3, -0.25) is 4.79 Å². The molecule has 1 aliphatic heterocycles. The third-order valence-electron chi connectivity index (χ3n) is 0.953.